The highest BCUT2D eigenvalue weighted by atomic mass is 16.4. The van der Waals surface area contributed by atoms with Crippen molar-refractivity contribution in [2.75, 3.05) is 13.2 Å². The number of nitrogens with two attached hydrogens (primary N) is 1. The molecular weight excluding hydrogens is 518 g/mol. The standard InChI is InChI=1S/C24H33N5O10/c1-12(26-21(35)15(25)10-19(32)33)20(34)27-16(9-13-4-6-14(31)7-5-13)23(37)29-8-2-3-18(29)22(36)28-17(11-30)24(38)39/h4-7,12,15-18,30-31H,2-3,8-11,25H2,1H3,(H,26,35)(H,27,34)(H,28,36)(H,32,33)(H,38,39)/t12-,15-,16-,17-,18-/m0/s1. The number of carbonyl (C=O) groups is 6. The Morgan fingerprint density at radius 3 is 2.21 bits per heavy atom. The number of likely N-dealkylation sites (tertiary alicyclic amines) is 1. The summed E-state index contributed by atoms with van der Waals surface area (Å²) in [6.45, 7) is 0.614. The summed E-state index contributed by atoms with van der Waals surface area (Å²) in [6.07, 6.45) is -0.0551. The van der Waals surface area contributed by atoms with Gasteiger partial charge in [0.05, 0.1) is 19.1 Å². The lowest BCUT2D eigenvalue weighted by atomic mass is 10.0. The number of aliphatic hydroxyl groups excluding tert-OH is 1. The van der Waals surface area contributed by atoms with E-state index >= 15 is 0 Å². The van der Waals surface area contributed by atoms with E-state index in [1.165, 1.54) is 36.1 Å². The zero-order chi connectivity index (χ0) is 29.3. The van der Waals surface area contributed by atoms with Crippen LogP contribution in [0.3, 0.4) is 0 Å². The highest BCUT2D eigenvalue weighted by Gasteiger charge is 2.39. The van der Waals surface area contributed by atoms with Gasteiger partial charge in [0.25, 0.3) is 0 Å². The van der Waals surface area contributed by atoms with Crippen molar-refractivity contribution >= 4 is 35.6 Å². The molecule has 0 aliphatic carbocycles. The summed E-state index contributed by atoms with van der Waals surface area (Å²) >= 11 is 0. The molecule has 1 heterocycles. The number of nitrogens with zero attached hydrogens (tertiary/aromatic N) is 1. The number of nitrogens with one attached hydrogen (secondary N) is 3. The Labute approximate surface area is 223 Å². The minimum absolute atomic E-state index is 0.0205. The normalized spacial score (nSPS) is 17.8. The monoisotopic (exact) mass is 551 g/mol. The van der Waals surface area contributed by atoms with Crippen LogP contribution in [-0.2, 0) is 35.2 Å². The zero-order valence-electron chi connectivity index (χ0n) is 21.2. The lowest BCUT2D eigenvalue weighted by Gasteiger charge is -2.30. The number of benzene rings is 1. The van der Waals surface area contributed by atoms with Crippen molar-refractivity contribution in [3.05, 3.63) is 29.8 Å². The number of phenolic OH excluding ortho intramolecular Hbond substituents is 1. The molecule has 0 bridgehead atoms. The topological polar surface area (TPSA) is 249 Å². The molecule has 0 radical (unpaired) electrons. The van der Waals surface area contributed by atoms with Gasteiger partial charge in [-0.05, 0) is 37.5 Å². The highest BCUT2D eigenvalue weighted by Crippen LogP contribution is 2.20. The number of aliphatic hydroxyl groups is 1. The molecule has 15 nitrogen and oxygen atoms in total. The summed E-state index contributed by atoms with van der Waals surface area (Å²) in [5.41, 5.74) is 6.08. The summed E-state index contributed by atoms with van der Waals surface area (Å²) in [5, 5.41) is 43.7. The minimum Gasteiger partial charge on any atom is -0.508 e. The van der Waals surface area contributed by atoms with Crippen LogP contribution in [0.4, 0.5) is 0 Å². The molecule has 2 rings (SSSR count). The second-order valence-electron chi connectivity index (χ2n) is 9.14. The van der Waals surface area contributed by atoms with Gasteiger partial charge in [0, 0.05) is 13.0 Å². The average Bonchev–Trinajstić information content (AvgIpc) is 3.37. The van der Waals surface area contributed by atoms with Crippen LogP contribution in [-0.4, -0.2) is 104 Å². The minimum atomic E-state index is -1.56. The number of hydrogen-bond acceptors (Lipinski definition) is 9. The third kappa shape index (κ3) is 8.93. The van der Waals surface area contributed by atoms with E-state index in [0.717, 1.165) is 0 Å². The fourth-order valence-electron chi connectivity index (χ4n) is 3.99. The van der Waals surface area contributed by atoms with Crippen molar-refractivity contribution < 1.29 is 49.2 Å². The predicted molar refractivity (Wildman–Crippen MR) is 133 cm³/mol. The fourth-order valence-corrected chi connectivity index (χ4v) is 3.99. The Kier molecular flexibility index (Phi) is 11.2. The molecule has 214 valence electrons. The number of hydrogen-bond donors (Lipinski definition) is 8. The van der Waals surface area contributed by atoms with Crippen LogP contribution in [0.1, 0.15) is 31.7 Å². The lowest BCUT2D eigenvalue weighted by molar-refractivity contribution is -0.145. The van der Waals surface area contributed by atoms with E-state index < -0.39 is 78.8 Å². The maximum Gasteiger partial charge on any atom is 0.328 e. The van der Waals surface area contributed by atoms with E-state index in [-0.39, 0.29) is 25.1 Å². The summed E-state index contributed by atoms with van der Waals surface area (Å²) in [4.78, 5) is 74.6. The van der Waals surface area contributed by atoms with Crippen molar-refractivity contribution in [2.24, 2.45) is 5.73 Å². The molecule has 1 aliphatic rings. The second kappa shape index (κ2) is 14.1. The molecule has 1 aromatic rings. The molecule has 0 unspecified atom stereocenters. The molecule has 0 spiro atoms. The molecule has 39 heavy (non-hydrogen) atoms. The quantitative estimate of drug-likeness (QED) is 0.125. The average molecular weight is 552 g/mol. The van der Waals surface area contributed by atoms with Crippen LogP contribution in [0, 0.1) is 0 Å². The van der Waals surface area contributed by atoms with E-state index in [2.05, 4.69) is 16.0 Å². The number of aliphatic carboxylic acids is 2. The summed E-state index contributed by atoms with van der Waals surface area (Å²) < 4.78 is 0. The second-order valence-corrected chi connectivity index (χ2v) is 9.14. The molecule has 9 N–H and O–H groups in total. The number of carbonyl (C=O) groups excluding carboxylic acids is 4. The molecule has 1 saturated heterocycles. The van der Waals surface area contributed by atoms with E-state index in [9.17, 15) is 39.0 Å². The first kappa shape index (κ1) is 31.0. The smallest absolute Gasteiger partial charge is 0.328 e. The Morgan fingerprint density at radius 1 is 1.00 bits per heavy atom. The Hall–Kier alpha value is -4.24. The van der Waals surface area contributed by atoms with Crippen LogP contribution >= 0.6 is 0 Å². The van der Waals surface area contributed by atoms with E-state index in [1.54, 1.807) is 0 Å². The van der Waals surface area contributed by atoms with E-state index in [1.807, 2.05) is 0 Å². The van der Waals surface area contributed by atoms with E-state index in [4.69, 9.17) is 15.9 Å². The number of aromatic hydroxyl groups is 1. The number of carboxylic acids is 2. The van der Waals surface area contributed by atoms with Gasteiger partial charge in [0.2, 0.25) is 23.6 Å². The van der Waals surface area contributed by atoms with Gasteiger partial charge in [-0.25, -0.2) is 4.79 Å². The Bertz CT molecular complexity index is 1080. The van der Waals surface area contributed by atoms with Gasteiger partial charge in [-0.2, -0.15) is 0 Å². The predicted octanol–water partition coefficient (Wildman–Crippen LogP) is -2.72. The van der Waals surface area contributed by atoms with Crippen molar-refractivity contribution in [2.45, 2.75) is 62.8 Å². The number of carboxylic acid groups (broad SMARTS) is 2. The largest absolute Gasteiger partial charge is 0.508 e. The molecule has 1 aromatic carbocycles. The zero-order valence-corrected chi connectivity index (χ0v) is 21.2. The first-order chi connectivity index (χ1) is 18.3. The van der Waals surface area contributed by atoms with Crippen LogP contribution in [0.15, 0.2) is 24.3 Å². The lowest BCUT2D eigenvalue weighted by Crippen LogP contribution is -2.58. The van der Waals surface area contributed by atoms with Crippen LogP contribution in [0.2, 0.25) is 0 Å². The Morgan fingerprint density at radius 2 is 1.64 bits per heavy atom. The molecule has 1 fully saturated rings. The molecule has 0 saturated carbocycles. The molecule has 15 heteroatoms. The SMILES string of the molecule is C[C@H](NC(=O)[C@@H](N)CC(=O)O)C(=O)N[C@@H](Cc1ccc(O)cc1)C(=O)N1CCC[C@H]1C(=O)N[C@@H](CO)C(=O)O. The molecule has 0 aromatic heterocycles. The van der Waals surface area contributed by atoms with Crippen molar-refractivity contribution in [1.82, 2.24) is 20.9 Å². The highest BCUT2D eigenvalue weighted by molar-refractivity contribution is 5.96. The van der Waals surface area contributed by atoms with Crippen molar-refractivity contribution in [3.63, 3.8) is 0 Å². The summed E-state index contributed by atoms with van der Waals surface area (Å²) in [6, 6.07) is -0.589. The molecule has 1 aliphatic heterocycles. The third-order valence-corrected chi connectivity index (χ3v) is 6.11. The van der Waals surface area contributed by atoms with Gasteiger partial charge < -0.3 is 47.0 Å². The van der Waals surface area contributed by atoms with Crippen molar-refractivity contribution in [1.29, 1.82) is 0 Å². The molecule has 4 amide bonds. The number of amides is 4. The first-order valence-corrected chi connectivity index (χ1v) is 12.1. The molecule has 5 atom stereocenters. The van der Waals surface area contributed by atoms with Gasteiger partial charge in [0.15, 0.2) is 0 Å². The van der Waals surface area contributed by atoms with Crippen molar-refractivity contribution in [3.8, 4) is 5.75 Å². The number of rotatable bonds is 13. The van der Waals surface area contributed by atoms with Gasteiger partial charge in [0.1, 0.15) is 29.9 Å². The maximum absolute atomic E-state index is 13.6. The van der Waals surface area contributed by atoms with Crippen LogP contribution in [0.5, 0.6) is 5.75 Å². The summed E-state index contributed by atoms with van der Waals surface area (Å²) in [5.74, 6) is -5.85. The van der Waals surface area contributed by atoms with Gasteiger partial charge in [-0.15, -0.1) is 0 Å². The van der Waals surface area contributed by atoms with E-state index in [0.29, 0.717) is 12.0 Å². The number of phenols is 1. The van der Waals surface area contributed by atoms with Gasteiger partial charge in [-0.3, -0.25) is 24.0 Å². The maximum atomic E-state index is 13.6. The van der Waals surface area contributed by atoms with Gasteiger partial charge in [-0.1, -0.05) is 12.1 Å². The van der Waals surface area contributed by atoms with Gasteiger partial charge >= 0.3 is 11.9 Å². The fraction of sp³-hybridized carbons (Fsp3) is 0.500. The first-order valence-electron chi connectivity index (χ1n) is 12.1. The summed E-state index contributed by atoms with van der Waals surface area (Å²) in [7, 11) is 0. The van der Waals surface area contributed by atoms with Crippen LogP contribution < -0.4 is 21.7 Å². The Balaban J connectivity index is 2.21. The molecular formula is C24H33N5O10. The third-order valence-electron chi connectivity index (χ3n) is 6.11. The van der Waals surface area contributed by atoms with Crippen LogP contribution in [0.25, 0.3) is 0 Å².